The second kappa shape index (κ2) is 7.11. The maximum Gasteiger partial charge on any atom is 0.123 e. The molecule has 20 heavy (non-hydrogen) atoms. The summed E-state index contributed by atoms with van der Waals surface area (Å²) in [5.41, 5.74) is 3.74. The summed E-state index contributed by atoms with van der Waals surface area (Å²) in [4.78, 5) is 0. The van der Waals surface area contributed by atoms with Gasteiger partial charge < -0.3 is 10.1 Å². The number of ether oxygens (including phenoxy) is 1. The van der Waals surface area contributed by atoms with Crippen LogP contribution >= 0.6 is 0 Å². The van der Waals surface area contributed by atoms with Gasteiger partial charge in [0.15, 0.2) is 0 Å². The summed E-state index contributed by atoms with van der Waals surface area (Å²) in [5, 5.41) is 3.62. The highest BCUT2D eigenvalue weighted by atomic mass is 16.5. The van der Waals surface area contributed by atoms with Gasteiger partial charge in [0.05, 0.1) is 13.2 Å². The average Bonchev–Trinajstić information content (AvgIpc) is 2.50. The first kappa shape index (κ1) is 14.6. The molecule has 106 valence electrons. The standard InChI is InChI=1S/C18H23NO/c1-4-13-19-18(15-11-9-14(2)10-12-15)16-7-5-6-8-17(16)20-3/h5-12,18-19H,4,13H2,1-3H3. The van der Waals surface area contributed by atoms with Crippen molar-refractivity contribution in [2.75, 3.05) is 13.7 Å². The summed E-state index contributed by atoms with van der Waals surface area (Å²) in [7, 11) is 1.73. The predicted molar refractivity (Wildman–Crippen MR) is 84.3 cm³/mol. The van der Waals surface area contributed by atoms with E-state index in [0.29, 0.717) is 0 Å². The van der Waals surface area contributed by atoms with Crippen LogP contribution in [0.5, 0.6) is 5.75 Å². The molecule has 0 radical (unpaired) electrons. The van der Waals surface area contributed by atoms with Crippen molar-refractivity contribution >= 4 is 0 Å². The Morgan fingerprint density at radius 2 is 1.75 bits per heavy atom. The van der Waals surface area contributed by atoms with Crippen molar-refractivity contribution in [2.45, 2.75) is 26.3 Å². The van der Waals surface area contributed by atoms with Crippen molar-refractivity contribution in [2.24, 2.45) is 0 Å². The molecule has 0 spiro atoms. The third kappa shape index (κ3) is 3.40. The van der Waals surface area contributed by atoms with E-state index in [1.54, 1.807) is 7.11 Å². The number of benzene rings is 2. The topological polar surface area (TPSA) is 21.3 Å². The molecule has 1 atom stereocenters. The summed E-state index contributed by atoms with van der Waals surface area (Å²) >= 11 is 0. The molecule has 1 N–H and O–H groups in total. The van der Waals surface area contributed by atoms with Crippen molar-refractivity contribution in [3.63, 3.8) is 0 Å². The number of hydrogen-bond acceptors (Lipinski definition) is 2. The fraction of sp³-hybridized carbons (Fsp3) is 0.333. The smallest absolute Gasteiger partial charge is 0.123 e. The Hall–Kier alpha value is -1.80. The van der Waals surface area contributed by atoms with Crippen LogP contribution in [0, 0.1) is 6.92 Å². The minimum Gasteiger partial charge on any atom is -0.496 e. The van der Waals surface area contributed by atoms with Crippen LogP contribution in [0.4, 0.5) is 0 Å². The van der Waals surface area contributed by atoms with Crippen LogP contribution in [0.1, 0.15) is 36.1 Å². The van der Waals surface area contributed by atoms with Crippen LogP contribution in [-0.4, -0.2) is 13.7 Å². The lowest BCUT2D eigenvalue weighted by Crippen LogP contribution is -2.23. The maximum absolute atomic E-state index is 5.51. The Morgan fingerprint density at radius 1 is 1.05 bits per heavy atom. The van der Waals surface area contributed by atoms with E-state index < -0.39 is 0 Å². The number of nitrogens with one attached hydrogen (secondary N) is 1. The van der Waals surface area contributed by atoms with Gasteiger partial charge >= 0.3 is 0 Å². The van der Waals surface area contributed by atoms with Crippen molar-refractivity contribution in [1.82, 2.24) is 5.32 Å². The molecule has 2 aromatic carbocycles. The zero-order chi connectivity index (χ0) is 14.4. The van der Waals surface area contributed by atoms with Crippen molar-refractivity contribution in [3.05, 3.63) is 65.2 Å². The Morgan fingerprint density at radius 3 is 2.40 bits per heavy atom. The molecule has 1 unspecified atom stereocenters. The molecule has 0 fully saturated rings. The third-order valence-corrected chi connectivity index (χ3v) is 3.46. The minimum absolute atomic E-state index is 0.173. The zero-order valence-electron chi connectivity index (χ0n) is 12.5. The number of hydrogen-bond donors (Lipinski definition) is 1. The van der Waals surface area contributed by atoms with Crippen molar-refractivity contribution in [3.8, 4) is 5.75 Å². The van der Waals surface area contributed by atoms with Crippen LogP contribution in [0.3, 0.4) is 0 Å². The molecule has 0 amide bonds. The van der Waals surface area contributed by atoms with Gasteiger partial charge in [0.1, 0.15) is 5.75 Å². The van der Waals surface area contributed by atoms with Gasteiger partial charge in [-0.05, 0) is 31.5 Å². The quantitative estimate of drug-likeness (QED) is 0.852. The highest BCUT2D eigenvalue weighted by molar-refractivity contribution is 5.42. The maximum atomic E-state index is 5.51. The van der Waals surface area contributed by atoms with Gasteiger partial charge in [0.2, 0.25) is 0 Å². The molecular formula is C18H23NO. The molecule has 0 saturated carbocycles. The van der Waals surface area contributed by atoms with E-state index in [2.05, 4.69) is 55.6 Å². The van der Waals surface area contributed by atoms with Gasteiger partial charge in [-0.2, -0.15) is 0 Å². The summed E-state index contributed by atoms with van der Waals surface area (Å²) in [5.74, 6) is 0.932. The predicted octanol–water partition coefficient (Wildman–Crippen LogP) is 4.09. The molecule has 0 saturated heterocycles. The zero-order valence-corrected chi connectivity index (χ0v) is 12.5. The van der Waals surface area contributed by atoms with Gasteiger partial charge in [-0.15, -0.1) is 0 Å². The second-order valence-electron chi connectivity index (χ2n) is 5.04. The van der Waals surface area contributed by atoms with Crippen LogP contribution in [0.15, 0.2) is 48.5 Å². The van der Waals surface area contributed by atoms with E-state index in [1.165, 1.54) is 16.7 Å². The summed E-state index contributed by atoms with van der Waals surface area (Å²) in [6.45, 7) is 5.28. The Labute approximate surface area is 121 Å². The lowest BCUT2D eigenvalue weighted by atomic mass is 9.97. The first-order chi connectivity index (χ1) is 9.76. The van der Waals surface area contributed by atoms with Crippen LogP contribution in [-0.2, 0) is 0 Å². The van der Waals surface area contributed by atoms with Crippen molar-refractivity contribution in [1.29, 1.82) is 0 Å². The third-order valence-electron chi connectivity index (χ3n) is 3.46. The molecule has 0 aliphatic carbocycles. The van der Waals surface area contributed by atoms with Crippen LogP contribution < -0.4 is 10.1 Å². The molecule has 2 aromatic rings. The Balaban J connectivity index is 2.38. The molecule has 0 aliphatic heterocycles. The highest BCUT2D eigenvalue weighted by Gasteiger charge is 2.16. The molecule has 0 aliphatic rings. The highest BCUT2D eigenvalue weighted by Crippen LogP contribution is 2.30. The molecule has 0 heterocycles. The normalized spacial score (nSPS) is 12.2. The second-order valence-corrected chi connectivity index (χ2v) is 5.04. The molecule has 0 bridgehead atoms. The van der Waals surface area contributed by atoms with E-state index in [4.69, 9.17) is 4.74 Å². The fourth-order valence-corrected chi connectivity index (χ4v) is 2.36. The monoisotopic (exact) mass is 269 g/mol. The van der Waals surface area contributed by atoms with Crippen LogP contribution in [0.25, 0.3) is 0 Å². The number of para-hydroxylation sites is 1. The van der Waals surface area contributed by atoms with E-state index in [9.17, 15) is 0 Å². The van der Waals surface area contributed by atoms with Gasteiger partial charge in [0, 0.05) is 5.56 Å². The number of methoxy groups -OCH3 is 1. The molecular weight excluding hydrogens is 246 g/mol. The molecule has 2 rings (SSSR count). The Bertz CT molecular complexity index is 533. The van der Waals surface area contributed by atoms with Gasteiger partial charge in [0.25, 0.3) is 0 Å². The fourth-order valence-electron chi connectivity index (χ4n) is 2.36. The SMILES string of the molecule is CCCNC(c1ccc(C)cc1)c1ccccc1OC. The minimum atomic E-state index is 0.173. The average molecular weight is 269 g/mol. The number of rotatable bonds is 6. The largest absolute Gasteiger partial charge is 0.496 e. The van der Waals surface area contributed by atoms with Gasteiger partial charge in [-0.3, -0.25) is 0 Å². The molecule has 2 nitrogen and oxygen atoms in total. The Kier molecular flexibility index (Phi) is 5.19. The van der Waals surface area contributed by atoms with Crippen molar-refractivity contribution < 1.29 is 4.74 Å². The van der Waals surface area contributed by atoms with Gasteiger partial charge in [-0.25, -0.2) is 0 Å². The molecule has 2 heteroatoms. The van der Waals surface area contributed by atoms with Gasteiger partial charge in [-0.1, -0.05) is 55.0 Å². The summed E-state index contributed by atoms with van der Waals surface area (Å²) in [6, 6.07) is 17.1. The molecule has 0 aromatic heterocycles. The lowest BCUT2D eigenvalue weighted by Gasteiger charge is -2.22. The van der Waals surface area contributed by atoms with E-state index in [1.807, 2.05) is 12.1 Å². The summed E-state index contributed by atoms with van der Waals surface area (Å²) in [6.07, 6.45) is 1.11. The first-order valence-electron chi connectivity index (χ1n) is 7.19. The van der Waals surface area contributed by atoms with E-state index >= 15 is 0 Å². The van der Waals surface area contributed by atoms with E-state index in [-0.39, 0.29) is 6.04 Å². The van der Waals surface area contributed by atoms with Crippen LogP contribution in [0.2, 0.25) is 0 Å². The summed E-state index contributed by atoms with van der Waals surface area (Å²) < 4.78 is 5.51. The first-order valence-corrected chi connectivity index (χ1v) is 7.19. The van der Waals surface area contributed by atoms with E-state index in [0.717, 1.165) is 18.7 Å². The number of aryl methyl sites for hydroxylation is 1. The lowest BCUT2D eigenvalue weighted by molar-refractivity contribution is 0.404.